The van der Waals surface area contributed by atoms with Crippen molar-refractivity contribution in [1.29, 1.82) is 5.26 Å². The van der Waals surface area contributed by atoms with Gasteiger partial charge in [-0.05, 0) is 39.7 Å². The van der Waals surface area contributed by atoms with Crippen molar-refractivity contribution < 1.29 is 14.5 Å². The molecule has 0 fully saturated rings. The fourth-order valence-corrected chi connectivity index (χ4v) is 2.56. The van der Waals surface area contributed by atoms with E-state index in [4.69, 9.17) is 4.74 Å². The number of ketones is 1. The van der Waals surface area contributed by atoms with Crippen LogP contribution in [0.1, 0.15) is 15.9 Å². The molecule has 0 aromatic heterocycles. The van der Waals surface area contributed by atoms with E-state index in [1.54, 1.807) is 18.2 Å². The Labute approximate surface area is 146 Å². The Hall–Kier alpha value is -2.98. The number of nitrogens with zero attached hydrogens (tertiary/aromatic N) is 2. The zero-order chi connectivity index (χ0) is 17.7. The number of hydrogen-bond acceptors (Lipinski definition) is 5. The molecule has 0 atom stereocenters. The van der Waals surface area contributed by atoms with Crippen LogP contribution in [0.4, 0.5) is 5.69 Å². The van der Waals surface area contributed by atoms with E-state index in [0.29, 0.717) is 15.8 Å². The standard InChI is InChI=1S/C17H11BrN2O4/c1-24-16-6-5-11(8-15(16)18)7-13(10-19)17(21)12-3-2-4-14(9-12)20(22)23/h2-9H,1H3/b13-7+. The zero-order valence-electron chi connectivity index (χ0n) is 12.5. The van der Waals surface area contributed by atoms with Crippen molar-refractivity contribution in [2.45, 2.75) is 0 Å². The van der Waals surface area contributed by atoms with Gasteiger partial charge in [0, 0.05) is 17.7 Å². The Morgan fingerprint density at radius 3 is 2.67 bits per heavy atom. The quantitative estimate of drug-likeness (QED) is 0.253. The van der Waals surface area contributed by atoms with E-state index in [-0.39, 0.29) is 16.8 Å². The fraction of sp³-hybridized carbons (Fsp3) is 0.0588. The molecule has 0 aliphatic heterocycles. The summed E-state index contributed by atoms with van der Waals surface area (Å²) < 4.78 is 5.80. The second-order valence-corrected chi connectivity index (χ2v) is 5.55. The lowest BCUT2D eigenvalue weighted by Crippen LogP contribution is -2.02. The number of rotatable bonds is 5. The molecule has 6 nitrogen and oxygen atoms in total. The van der Waals surface area contributed by atoms with Crippen molar-refractivity contribution in [3.8, 4) is 11.8 Å². The van der Waals surface area contributed by atoms with E-state index in [0.717, 1.165) is 6.07 Å². The smallest absolute Gasteiger partial charge is 0.270 e. The number of ether oxygens (including phenoxy) is 1. The molecule has 0 aliphatic carbocycles. The molecule has 2 aromatic carbocycles. The highest BCUT2D eigenvalue weighted by molar-refractivity contribution is 9.10. The second kappa shape index (κ2) is 7.53. The molecule has 0 saturated heterocycles. The van der Waals surface area contributed by atoms with Crippen molar-refractivity contribution in [2.75, 3.05) is 7.11 Å². The van der Waals surface area contributed by atoms with Gasteiger partial charge >= 0.3 is 0 Å². The van der Waals surface area contributed by atoms with Gasteiger partial charge in [-0.1, -0.05) is 18.2 Å². The molecule has 7 heteroatoms. The number of methoxy groups -OCH3 is 1. The Balaban J connectivity index is 2.39. The van der Waals surface area contributed by atoms with Crippen molar-refractivity contribution in [2.24, 2.45) is 0 Å². The van der Waals surface area contributed by atoms with E-state index < -0.39 is 10.7 Å². The molecular formula is C17H11BrN2O4. The molecule has 0 heterocycles. The van der Waals surface area contributed by atoms with Crippen LogP contribution in [-0.2, 0) is 0 Å². The van der Waals surface area contributed by atoms with Gasteiger partial charge in [0.25, 0.3) is 5.69 Å². The second-order valence-electron chi connectivity index (χ2n) is 4.70. The number of nitriles is 1. The number of benzene rings is 2. The highest BCUT2D eigenvalue weighted by Gasteiger charge is 2.16. The molecule has 24 heavy (non-hydrogen) atoms. The Morgan fingerprint density at radius 1 is 1.33 bits per heavy atom. The number of halogens is 1. The van der Waals surface area contributed by atoms with Crippen molar-refractivity contribution in [1.82, 2.24) is 0 Å². The summed E-state index contributed by atoms with van der Waals surface area (Å²) in [6.45, 7) is 0. The minimum Gasteiger partial charge on any atom is -0.496 e. The average Bonchev–Trinajstić information content (AvgIpc) is 2.59. The molecule has 0 bridgehead atoms. The summed E-state index contributed by atoms with van der Waals surface area (Å²) >= 11 is 3.33. The number of Topliss-reactive ketones (excluding diaryl/α,β-unsaturated/α-hetero) is 1. The van der Waals surface area contributed by atoms with E-state index in [1.807, 2.05) is 6.07 Å². The fourth-order valence-electron chi connectivity index (χ4n) is 2.00. The Kier molecular flexibility index (Phi) is 5.45. The molecule has 0 radical (unpaired) electrons. The summed E-state index contributed by atoms with van der Waals surface area (Å²) in [6, 6.07) is 12.2. The summed E-state index contributed by atoms with van der Waals surface area (Å²) in [5.41, 5.74) is 0.389. The van der Waals surface area contributed by atoms with Crippen LogP contribution in [0.25, 0.3) is 6.08 Å². The van der Waals surface area contributed by atoms with Gasteiger partial charge in [-0.3, -0.25) is 14.9 Å². The highest BCUT2D eigenvalue weighted by atomic mass is 79.9. The molecule has 120 valence electrons. The first-order valence-corrected chi connectivity index (χ1v) is 7.50. The third kappa shape index (κ3) is 3.86. The van der Waals surface area contributed by atoms with E-state index in [1.165, 1.54) is 31.4 Å². The van der Waals surface area contributed by atoms with Crippen molar-refractivity contribution in [3.05, 3.63) is 73.8 Å². The topological polar surface area (TPSA) is 93.2 Å². The highest BCUT2D eigenvalue weighted by Crippen LogP contribution is 2.27. The summed E-state index contributed by atoms with van der Waals surface area (Å²) in [5.74, 6) is 0.0452. The van der Waals surface area contributed by atoms with Crippen molar-refractivity contribution in [3.63, 3.8) is 0 Å². The first kappa shape index (κ1) is 17.4. The number of nitro groups is 1. The average molecular weight is 387 g/mol. The minimum absolute atomic E-state index is 0.0876. The maximum Gasteiger partial charge on any atom is 0.270 e. The predicted molar refractivity (Wildman–Crippen MR) is 91.7 cm³/mol. The number of non-ortho nitro benzene ring substituents is 1. The van der Waals surface area contributed by atoms with Gasteiger partial charge in [-0.2, -0.15) is 5.26 Å². The molecule has 0 saturated carbocycles. The van der Waals surface area contributed by atoms with E-state index >= 15 is 0 Å². The van der Waals surface area contributed by atoms with Crippen molar-refractivity contribution >= 4 is 33.5 Å². The largest absolute Gasteiger partial charge is 0.496 e. The summed E-state index contributed by atoms with van der Waals surface area (Å²) in [7, 11) is 1.53. The van der Waals surface area contributed by atoms with Crippen LogP contribution in [0.3, 0.4) is 0 Å². The van der Waals surface area contributed by atoms with Crippen LogP contribution in [0.5, 0.6) is 5.75 Å². The molecule has 0 amide bonds. The first-order valence-electron chi connectivity index (χ1n) is 6.70. The lowest BCUT2D eigenvalue weighted by molar-refractivity contribution is -0.384. The monoisotopic (exact) mass is 386 g/mol. The lowest BCUT2D eigenvalue weighted by atomic mass is 10.0. The summed E-state index contributed by atoms with van der Waals surface area (Å²) in [6.07, 6.45) is 1.42. The number of carbonyl (C=O) groups excluding carboxylic acids is 1. The molecule has 2 rings (SSSR count). The van der Waals surface area contributed by atoms with Crippen LogP contribution in [-0.4, -0.2) is 17.8 Å². The van der Waals surface area contributed by atoms with Gasteiger partial charge in [0.2, 0.25) is 5.78 Å². The Bertz CT molecular complexity index is 884. The van der Waals surface area contributed by atoms with Gasteiger partial charge in [0.05, 0.1) is 16.5 Å². The summed E-state index contributed by atoms with van der Waals surface area (Å²) in [4.78, 5) is 22.6. The Morgan fingerprint density at radius 2 is 2.08 bits per heavy atom. The lowest BCUT2D eigenvalue weighted by Gasteiger charge is -2.04. The molecule has 0 unspecified atom stereocenters. The number of nitro benzene ring substituents is 1. The van der Waals surface area contributed by atoms with E-state index in [2.05, 4.69) is 15.9 Å². The van der Waals surface area contributed by atoms with Crippen LogP contribution in [0.2, 0.25) is 0 Å². The van der Waals surface area contributed by atoms with Gasteiger partial charge < -0.3 is 4.74 Å². The predicted octanol–water partition coefficient (Wildman–Crippen LogP) is 4.16. The third-order valence-corrected chi connectivity index (χ3v) is 3.79. The number of carbonyl (C=O) groups is 1. The van der Waals surface area contributed by atoms with Crippen LogP contribution >= 0.6 is 15.9 Å². The summed E-state index contributed by atoms with van der Waals surface area (Å²) in [5, 5.41) is 20.1. The van der Waals surface area contributed by atoms with Crippen LogP contribution in [0.15, 0.2) is 52.5 Å². The number of allylic oxidation sites excluding steroid dienone is 1. The molecule has 0 aliphatic rings. The molecule has 0 spiro atoms. The maximum atomic E-state index is 12.4. The van der Waals surface area contributed by atoms with Gasteiger partial charge in [0.1, 0.15) is 17.4 Å². The van der Waals surface area contributed by atoms with Gasteiger partial charge in [0.15, 0.2) is 0 Å². The first-order chi connectivity index (χ1) is 11.5. The van der Waals surface area contributed by atoms with E-state index in [9.17, 15) is 20.2 Å². The SMILES string of the molecule is COc1ccc(/C=C(\C#N)C(=O)c2cccc([N+](=O)[O-])c2)cc1Br. The van der Waals surface area contributed by atoms with Crippen LogP contribution < -0.4 is 4.74 Å². The van der Waals surface area contributed by atoms with Crippen LogP contribution in [0, 0.1) is 21.4 Å². The zero-order valence-corrected chi connectivity index (χ0v) is 14.1. The maximum absolute atomic E-state index is 12.4. The normalized spacial score (nSPS) is 10.8. The number of hydrogen-bond donors (Lipinski definition) is 0. The molecular weight excluding hydrogens is 376 g/mol. The van der Waals surface area contributed by atoms with Gasteiger partial charge in [-0.25, -0.2) is 0 Å². The minimum atomic E-state index is -0.590. The molecule has 2 aromatic rings. The molecule has 0 N–H and O–H groups in total. The van der Waals surface area contributed by atoms with Gasteiger partial charge in [-0.15, -0.1) is 0 Å². The third-order valence-electron chi connectivity index (χ3n) is 3.17.